The molecule has 0 bridgehead atoms. The molecule has 0 unspecified atom stereocenters. The summed E-state index contributed by atoms with van der Waals surface area (Å²) in [5, 5.41) is 3.94. The van der Waals surface area contributed by atoms with E-state index >= 15 is 0 Å². The molecule has 3 rings (SSSR count). The molecule has 122 valence electrons. The van der Waals surface area contributed by atoms with Crippen molar-refractivity contribution in [2.75, 3.05) is 32.8 Å². The highest BCUT2D eigenvalue weighted by atomic mass is 35.5. The van der Waals surface area contributed by atoms with E-state index in [9.17, 15) is 0 Å². The van der Waals surface area contributed by atoms with Gasteiger partial charge in [-0.2, -0.15) is 0 Å². The Balaban J connectivity index is 1.75. The third kappa shape index (κ3) is 3.40. The Morgan fingerprint density at radius 2 is 1.70 bits per heavy atom. The summed E-state index contributed by atoms with van der Waals surface area (Å²) in [5.74, 6) is 2.78. The van der Waals surface area contributed by atoms with Gasteiger partial charge in [0.2, 0.25) is 0 Å². The van der Waals surface area contributed by atoms with Gasteiger partial charge in [0, 0.05) is 29.4 Å². The van der Waals surface area contributed by atoms with Crippen molar-refractivity contribution in [1.82, 2.24) is 0 Å². The average molecular weight is 336 g/mol. The highest BCUT2D eigenvalue weighted by molar-refractivity contribution is 6.31. The fourth-order valence-electron chi connectivity index (χ4n) is 2.38. The number of anilines is 1. The quantitative estimate of drug-likeness (QED) is 0.902. The minimum atomic E-state index is 0.554. The summed E-state index contributed by atoms with van der Waals surface area (Å²) < 4.78 is 21.6. The van der Waals surface area contributed by atoms with E-state index < -0.39 is 0 Å². The largest absolute Gasteiger partial charge is 0.493 e. The average Bonchev–Trinajstić information content (AvgIpc) is 2.60. The number of hydrogen-bond donors (Lipinski definition) is 1. The lowest BCUT2D eigenvalue weighted by Gasteiger charge is -2.19. The molecule has 0 fully saturated rings. The van der Waals surface area contributed by atoms with Crippen molar-refractivity contribution >= 4 is 17.3 Å². The maximum absolute atomic E-state index is 6.30. The van der Waals surface area contributed by atoms with Gasteiger partial charge < -0.3 is 24.3 Å². The van der Waals surface area contributed by atoms with Crippen LogP contribution in [-0.4, -0.2) is 27.4 Å². The number of rotatable bonds is 5. The van der Waals surface area contributed by atoms with Gasteiger partial charge in [-0.05, 0) is 23.8 Å². The zero-order chi connectivity index (χ0) is 16.2. The first-order chi connectivity index (χ1) is 11.2. The fourth-order valence-corrected chi connectivity index (χ4v) is 2.60. The summed E-state index contributed by atoms with van der Waals surface area (Å²) >= 11 is 6.30. The predicted molar refractivity (Wildman–Crippen MR) is 89.3 cm³/mol. The van der Waals surface area contributed by atoms with E-state index in [4.69, 9.17) is 30.5 Å². The first-order valence-electron chi connectivity index (χ1n) is 7.25. The summed E-state index contributed by atoms with van der Waals surface area (Å²) in [7, 11) is 3.19. The van der Waals surface area contributed by atoms with Crippen LogP contribution in [0.15, 0.2) is 30.3 Å². The number of benzene rings is 2. The second kappa shape index (κ2) is 6.87. The van der Waals surface area contributed by atoms with Crippen LogP contribution in [0.2, 0.25) is 5.02 Å². The molecule has 1 N–H and O–H groups in total. The molecular weight excluding hydrogens is 318 g/mol. The second-order valence-corrected chi connectivity index (χ2v) is 5.42. The van der Waals surface area contributed by atoms with Gasteiger partial charge in [-0.15, -0.1) is 0 Å². The number of hydrogen-bond acceptors (Lipinski definition) is 5. The Labute approximate surface area is 140 Å². The third-order valence-corrected chi connectivity index (χ3v) is 3.93. The molecule has 6 heteroatoms. The van der Waals surface area contributed by atoms with Crippen molar-refractivity contribution in [3.8, 4) is 23.0 Å². The van der Waals surface area contributed by atoms with E-state index in [0.717, 1.165) is 22.7 Å². The number of ether oxygens (including phenoxy) is 4. The lowest BCUT2D eigenvalue weighted by Crippen LogP contribution is -2.15. The molecule has 1 heterocycles. The van der Waals surface area contributed by atoms with Crippen molar-refractivity contribution in [1.29, 1.82) is 0 Å². The number of methoxy groups -OCH3 is 2. The maximum atomic E-state index is 6.30. The minimum absolute atomic E-state index is 0.554. The normalized spacial score (nSPS) is 12.7. The smallest absolute Gasteiger partial charge is 0.163 e. The predicted octanol–water partition coefficient (Wildman–Crippen LogP) is 3.74. The van der Waals surface area contributed by atoms with Gasteiger partial charge in [0.05, 0.1) is 14.2 Å². The Hall–Kier alpha value is -2.27. The molecule has 0 amide bonds. The van der Waals surface area contributed by atoms with E-state index in [2.05, 4.69) is 5.32 Å². The van der Waals surface area contributed by atoms with Crippen LogP contribution < -0.4 is 24.3 Å². The monoisotopic (exact) mass is 335 g/mol. The summed E-state index contributed by atoms with van der Waals surface area (Å²) in [6, 6.07) is 9.38. The zero-order valence-electron chi connectivity index (χ0n) is 13.0. The van der Waals surface area contributed by atoms with Crippen molar-refractivity contribution in [3.05, 3.63) is 40.9 Å². The van der Waals surface area contributed by atoms with Crippen molar-refractivity contribution < 1.29 is 18.9 Å². The van der Waals surface area contributed by atoms with Crippen LogP contribution >= 0.6 is 11.6 Å². The van der Waals surface area contributed by atoms with Crippen molar-refractivity contribution in [3.63, 3.8) is 0 Å². The minimum Gasteiger partial charge on any atom is -0.493 e. The van der Waals surface area contributed by atoms with E-state index in [0.29, 0.717) is 36.3 Å². The first-order valence-corrected chi connectivity index (χ1v) is 7.63. The molecule has 0 aliphatic carbocycles. The van der Waals surface area contributed by atoms with Crippen LogP contribution in [0.25, 0.3) is 0 Å². The molecule has 2 aromatic carbocycles. The molecule has 23 heavy (non-hydrogen) atoms. The molecule has 2 aromatic rings. The zero-order valence-corrected chi connectivity index (χ0v) is 13.8. The molecular formula is C17H18ClNO4. The maximum Gasteiger partial charge on any atom is 0.163 e. The topological polar surface area (TPSA) is 49.0 Å². The highest BCUT2D eigenvalue weighted by Gasteiger charge is 2.13. The Kier molecular flexibility index (Phi) is 4.67. The van der Waals surface area contributed by atoms with Crippen molar-refractivity contribution in [2.45, 2.75) is 6.54 Å². The number of nitrogens with one attached hydrogen (secondary N) is 1. The van der Waals surface area contributed by atoms with Gasteiger partial charge in [0.25, 0.3) is 0 Å². The van der Waals surface area contributed by atoms with Gasteiger partial charge >= 0.3 is 0 Å². The standard InChI is InChI=1S/C17H18ClNO4/c1-20-15-7-11(13(18)9-16(15)21-2)10-19-12-3-4-14-17(8-12)23-6-5-22-14/h3-4,7-9,19H,5-6,10H2,1-2H3. The van der Waals surface area contributed by atoms with Crippen LogP contribution in [0.1, 0.15) is 5.56 Å². The summed E-state index contributed by atoms with van der Waals surface area (Å²) in [6.07, 6.45) is 0. The summed E-state index contributed by atoms with van der Waals surface area (Å²) in [4.78, 5) is 0. The van der Waals surface area contributed by atoms with E-state index in [-0.39, 0.29) is 0 Å². The van der Waals surface area contributed by atoms with E-state index in [1.54, 1.807) is 20.3 Å². The van der Waals surface area contributed by atoms with Crippen LogP contribution in [0, 0.1) is 0 Å². The Morgan fingerprint density at radius 1 is 1.00 bits per heavy atom. The SMILES string of the molecule is COc1cc(Cl)c(CNc2ccc3c(c2)OCCO3)cc1OC. The van der Waals surface area contributed by atoms with Crippen LogP contribution in [0.5, 0.6) is 23.0 Å². The molecule has 0 spiro atoms. The van der Waals surface area contributed by atoms with Gasteiger partial charge in [-0.3, -0.25) is 0 Å². The van der Waals surface area contributed by atoms with Gasteiger partial charge in [-0.25, -0.2) is 0 Å². The number of fused-ring (bicyclic) bond motifs is 1. The molecule has 0 saturated carbocycles. The first kappa shape index (κ1) is 15.6. The lowest BCUT2D eigenvalue weighted by atomic mass is 10.2. The van der Waals surface area contributed by atoms with Crippen LogP contribution in [-0.2, 0) is 6.54 Å². The molecule has 1 aliphatic rings. The molecule has 0 saturated heterocycles. The Morgan fingerprint density at radius 3 is 2.43 bits per heavy atom. The van der Waals surface area contributed by atoms with Gasteiger partial charge in [0.1, 0.15) is 13.2 Å². The highest BCUT2D eigenvalue weighted by Crippen LogP contribution is 2.35. The fraction of sp³-hybridized carbons (Fsp3) is 0.294. The lowest BCUT2D eigenvalue weighted by molar-refractivity contribution is 0.171. The van der Waals surface area contributed by atoms with Gasteiger partial charge in [-0.1, -0.05) is 11.6 Å². The second-order valence-electron chi connectivity index (χ2n) is 5.01. The molecule has 0 aromatic heterocycles. The van der Waals surface area contributed by atoms with Gasteiger partial charge in [0.15, 0.2) is 23.0 Å². The molecule has 0 radical (unpaired) electrons. The van der Waals surface area contributed by atoms with Crippen molar-refractivity contribution in [2.24, 2.45) is 0 Å². The summed E-state index contributed by atoms with van der Waals surface area (Å²) in [5.41, 5.74) is 1.85. The van der Waals surface area contributed by atoms with E-state index in [1.807, 2.05) is 24.3 Å². The molecule has 5 nitrogen and oxygen atoms in total. The Bertz CT molecular complexity index is 705. The van der Waals surface area contributed by atoms with E-state index in [1.165, 1.54) is 0 Å². The third-order valence-electron chi connectivity index (χ3n) is 3.58. The number of halogens is 1. The summed E-state index contributed by atoms with van der Waals surface area (Å²) in [6.45, 7) is 1.71. The van der Waals surface area contributed by atoms with Crippen LogP contribution in [0.4, 0.5) is 5.69 Å². The molecule has 0 atom stereocenters. The molecule has 1 aliphatic heterocycles. The van der Waals surface area contributed by atoms with Crippen LogP contribution in [0.3, 0.4) is 0 Å².